The summed E-state index contributed by atoms with van der Waals surface area (Å²) < 4.78 is 0. The largest absolute Gasteiger partial charge is 0.481 e. The number of rotatable bonds is 9. The third-order valence-corrected chi connectivity index (χ3v) is 2.03. The van der Waals surface area contributed by atoms with E-state index in [4.69, 9.17) is 10.2 Å². The molecule has 0 aliphatic heterocycles. The zero-order chi connectivity index (χ0) is 13.5. The van der Waals surface area contributed by atoms with Crippen molar-refractivity contribution in [1.29, 1.82) is 0 Å². The number of aliphatic carboxylic acids is 2. The summed E-state index contributed by atoms with van der Waals surface area (Å²) in [5.41, 5.74) is 0. The fraction of sp³-hybridized carbons (Fsp3) is 0.833. The predicted octanol–water partition coefficient (Wildman–Crippen LogP) is 3.16. The summed E-state index contributed by atoms with van der Waals surface area (Å²) >= 11 is 0. The van der Waals surface area contributed by atoms with E-state index < -0.39 is 11.9 Å². The Kier molecular flexibility index (Phi) is 16.9. The lowest BCUT2D eigenvalue weighted by atomic mass is 10.1. The van der Waals surface area contributed by atoms with Gasteiger partial charge in [-0.15, -0.1) is 9.24 Å². The highest BCUT2D eigenvalue weighted by Crippen LogP contribution is 2.08. The van der Waals surface area contributed by atoms with Gasteiger partial charge in [0.2, 0.25) is 0 Å². The van der Waals surface area contributed by atoms with Crippen molar-refractivity contribution in [3.63, 3.8) is 0 Å². The fourth-order valence-electron chi connectivity index (χ4n) is 1.26. The molecule has 0 amide bonds. The van der Waals surface area contributed by atoms with Crippen molar-refractivity contribution >= 4 is 21.2 Å². The molecule has 5 heteroatoms. The maximum atomic E-state index is 10.1. The highest BCUT2D eigenvalue weighted by Gasteiger charge is 1.98. The molecule has 0 rings (SSSR count). The molecule has 0 aromatic rings. The monoisotopic (exact) mass is 264 g/mol. The standard InChI is InChI=1S/C10H18O4.C2H7P/c11-9(12)7-5-3-1-2-4-6-8-10(13)14;1-2-3/h1-8H2,(H,11,12)(H,13,14);2-3H2,1H3. The van der Waals surface area contributed by atoms with Gasteiger partial charge in [0.05, 0.1) is 0 Å². The van der Waals surface area contributed by atoms with Crippen molar-refractivity contribution in [2.24, 2.45) is 0 Å². The third kappa shape index (κ3) is 25.5. The fourth-order valence-corrected chi connectivity index (χ4v) is 1.26. The Balaban J connectivity index is 0. The molecular formula is C12H25O4P. The number of unbranched alkanes of at least 4 members (excludes halogenated alkanes) is 5. The van der Waals surface area contributed by atoms with Crippen molar-refractivity contribution in [3.8, 4) is 0 Å². The zero-order valence-corrected chi connectivity index (χ0v) is 11.8. The summed E-state index contributed by atoms with van der Waals surface area (Å²) in [6.45, 7) is 2.09. The van der Waals surface area contributed by atoms with Crippen LogP contribution in [-0.2, 0) is 9.59 Å². The first kappa shape index (κ1) is 18.7. The SMILES string of the molecule is CCP.O=C(O)CCCCCCCCC(=O)O. The number of carboxylic acid groups (broad SMARTS) is 2. The number of hydrogen-bond donors (Lipinski definition) is 2. The van der Waals surface area contributed by atoms with Crippen LogP contribution in [0.1, 0.15) is 58.3 Å². The quantitative estimate of drug-likeness (QED) is 0.495. The maximum absolute atomic E-state index is 10.1. The van der Waals surface area contributed by atoms with Crippen LogP contribution in [0.3, 0.4) is 0 Å². The van der Waals surface area contributed by atoms with Gasteiger partial charge in [-0.1, -0.05) is 32.6 Å². The molecule has 4 nitrogen and oxygen atoms in total. The van der Waals surface area contributed by atoms with Crippen molar-refractivity contribution in [2.45, 2.75) is 58.3 Å². The first-order valence-electron chi connectivity index (χ1n) is 6.18. The molecule has 0 saturated heterocycles. The Morgan fingerprint density at radius 3 is 1.29 bits per heavy atom. The molecule has 0 fully saturated rings. The molecule has 17 heavy (non-hydrogen) atoms. The molecule has 102 valence electrons. The van der Waals surface area contributed by atoms with Gasteiger partial charge in [0, 0.05) is 12.8 Å². The second kappa shape index (κ2) is 15.4. The van der Waals surface area contributed by atoms with E-state index >= 15 is 0 Å². The molecule has 0 aliphatic rings. The van der Waals surface area contributed by atoms with Crippen molar-refractivity contribution in [2.75, 3.05) is 6.16 Å². The van der Waals surface area contributed by atoms with E-state index in [-0.39, 0.29) is 12.8 Å². The van der Waals surface area contributed by atoms with E-state index in [0.29, 0.717) is 0 Å². The minimum atomic E-state index is -0.740. The Morgan fingerprint density at radius 1 is 0.824 bits per heavy atom. The van der Waals surface area contributed by atoms with E-state index in [0.717, 1.165) is 38.5 Å². The van der Waals surface area contributed by atoms with Crippen LogP contribution in [0.4, 0.5) is 0 Å². The molecule has 2 N–H and O–H groups in total. The Hall–Kier alpha value is -0.630. The van der Waals surface area contributed by atoms with Crippen molar-refractivity contribution in [3.05, 3.63) is 0 Å². The molecule has 0 aliphatic carbocycles. The van der Waals surface area contributed by atoms with Gasteiger partial charge in [0.1, 0.15) is 0 Å². The van der Waals surface area contributed by atoms with E-state index in [2.05, 4.69) is 16.2 Å². The van der Waals surface area contributed by atoms with Crippen LogP contribution < -0.4 is 0 Å². The lowest BCUT2D eigenvalue weighted by molar-refractivity contribution is -0.138. The van der Waals surface area contributed by atoms with E-state index in [1.807, 2.05) is 0 Å². The normalized spacial score (nSPS) is 9.29. The average molecular weight is 264 g/mol. The minimum Gasteiger partial charge on any atom is -0.481 e. The van der Waals surface area contributed by atoms with Gasteiger partial charge >= 0.3 is 11.9 Å². The van der Waals surface area contributed by atoms with Gasteiger partial charge in [-0.3, -0.25) is 9.59 Å². The third-order valence-electron chi connectivity index (χ3n) is 2.03. The highest BCUT2D eigenvalue weighted by atomic mass is 31.0. The molecule has 1 atom stereocenters. The summed E-state index contributed by atoms with van der Waals surface area (Å²) in [7, 11) is 2.58. The summed E-state index contributed by atoms with van der Waals surface area (Å²) in [5, 5.41) is 16.7. The molecule has 0 radical (unpaired) electrons. The van der Waals surface area contributed by atoms with Crippen LogP contribution in [0.5, 0.6) is 0 Å². The Morgan fingerprint density at radius 2 is 1.06 bits per heavy atom. The second-order valence-corrected chi connectivity index (χ2v) is 4.63. The van der Waals surface area contributed by atoms with Gasteiger partial charge in [0.25, 0.3) is 0 Å². The lowest BCUT2D eigenvalue weighted by Gasteiger charge is -1.98. The van der Waals surface area contributed by atoms with Crippen LogP contribution in [0.2, 0.25) is 0 Å². The molecule has 0 aromatic heterocycles. The lowest BCUT2D eigenvalue weighted by Crippen LogP contribution is -1.94. The highest BCUT2D eigenvalue weighted by molar-refractivity contribution is 7.16. The summed E-state index contributed by atoms with van der Waals surface area (Å²) in [6, 6.07) is 0. The van der Waals surface area contributed by atoms with Crippen molar-refractivity contribution in [1.82, 2.24) is 0 Å². The molecule has 0 bridgehead atoms. The molecule has 0 saturated carbocycles. The van der Waals surface area contributed by atoms with Crippen LogP contribution >= 0.6 is 9.24 Å². The van der Waals surface area contributed by atoms with Crippen molar-refractivity contribution < 1.29 is 19.8 Å². The van der Waals surface area contributed by atoms with Crippen LogP contribution in [0.25, 0.3) is 0 Å². The number of carbonyl (C=O) groups is 2. The minimum absolute atomic E-state index is 0.245. The van der Waals surface area contributed by atoms with Gasteiger partial charge in [-0.25, -0.2) is 0 Å². The number of hydrogen-bond acceptors (Lipinski definition) is 2. The first-order chi connectivity index (χ1) is 8.04. The van der Waals surface area contributed by atoms with Gasteiger partial charge in [-0.05, 0) is 19.0 Å². The second-order valence-electron chi connectivity index (χ2n) is 3.82. The van der Waals surface area contributed by atoms with Gasteiger partial charge in [0.15, 0.2) is 0 Å². The molecule has 0 aromatic carbocycles. The summed E-state index contributed by atoms with van der Waals surface area (Å²) in [6.07, 6.45) is 6.99. The molecule has 0 heterocycles. The summed E-state index contributed by atoms with van der Waals surface area (Å²) in [4.78, 5) is 20.3. The topological polar surface area (TPSA) is 74.6 Å². The zero-order valence-electron chi connectivity index (χ0n) is 10.7. The van der Waals surface area contributed by atoms with Crippen LogP contribution in [0, 0.1) is 0 Å². The van der Waals surface area contributed by atoms with E-state index in [1.54, 1.807) is 0 Å². The molecule has 0 spiro atoms. The van der Waals surface area contributed by atoms with E-state index in [1.165, 1.54) is 6.16 Å². The van der Waals surface area contributed by atoms with Gasteiger partial charge in [-0.2, -0.15) is 0 Å². The summed E-state index contributed by atoms with van der Waals surface area (Å²) in [5.74, 6) is -1.48. The average Bonchev–Trinajstić information content (AvgIpc) is 2.22. The van der Waals surface area contributed by atoms with Crippen LogP contribution in [0.15, 0.2) is 0 Å². The van der Waals surface area contributed by atoms with Crippen LogP contribution in [-0.4, -0.2) is 28.3 Å². The molecule has 1 unspecified atom stereocenters. The number of carboxylic acids is 2. The smallest absolute Gasteiger partial charge is 0.303 e. The first-order valence-corrected chi connectivity index (χ1v) is 6.99. The predicted molar refractivity (Wildman–Crippen MR) is 72.5 cm³/mol. The Labute approximate surface area is 106 Å². The maximum Gasteiger partial charge on any atom is 0.303 e. The Bertz CT molecular complexity index is 175. The van der Waals surface area contributed by atoms with E-state index in [9.17, 15) is 9.59 Å². The molecular weight excluding hydrogens is 239 g/mol. The van der Waals surface area contributed by atoms with Gasteiger partial charge < -0.3 is 10.2 Å².